The molecule has 9 nitrogen and oxygen atoms in total. The van der Waals surface area contributed by atoms with E-state index in [2.05, 4.69) is 28.9 Å². The van der Waals surface area contributed by atoms with E-state index in [1.54, 1.807) is 24.3 Å². The summed E-state index contributed by atoms with van der Waals surface area (Å²) >= 11 is 6.21. The normalized spacial score (nSPS) is 16.9. The number of benzene rings is 2. The van der Waals surface area contributed by atoms with Crippen LogP contribution in [0.2, 0.25) is 5.02 Å². The van der Waals surface area contributed by atoms with Crippen molar-refractivity contribution in [1.29, 1.82) is 0 Å². The van der Waals surface area contributed by atoms with Crippen LogP contribution in [0.4, 0.5) is 0 Å². The fraction of sp³-hybridized carbons (Fsp3) is 0.400. The van der Waals surface area contributed by atoms with Gasteiger partial charge in [0.25, 0.3) is 0 Å². The molecule has 194 valence electrons. The van der Waals surface area contributed by atoms with Gasteiger partial charge in [0.15, 0.2) is 5.75 Å². The largest absolute Gasteiger partial charge is 0.507 e. The number of ether oxygens (including phenoxy) is 1. The molecule has 3 N–H and O–H groups in total. The summed E-state index contributed by atoms with van der Waals surface area (Å²) in [4.78, 5) is 1.92. The van der Waals surface area contributed by atoms with Gasteiger partial charge in [0, 0.05) is 30.8 Å². The van der Waals surface area contributed by atoms with Crippen molar-refractivity contribution >= 4 is 21.6 Å². The highest BCUT2D eigenvalue weighted by Gasteiger charge is 2.36. The molecule has 0 bridgehead atoms. The number of nitrogens with zero attached hydrogens (tertiary/aromatic N) is 3. The molecule has 2 aromatic carbocycles. The van der Waals surface area contributed by atoms with Crippen LogP contribution in [0.1, 0.15) is 33.1 Å². The van der Waals surface area contributed by atoms with E-state index in [9.17, 15) is 18.6 Å². The summed E-state index contributed by atoms with van der Waals surface area (Å²) in [7, 11) is -4.06. The second-order valence-electron chi connectivity index (χ2n) is 8.73. The molecule has 1 saturated heterocycles. The molecule has 11 heteroatoms. The zero-order valence-corrected chi connectivity index (χ0v) is 21.9. The Morgan fingerprint density at radius 1 is 1.14 bits per heavy atom. The van der Waals surface area contributed by atoms with Gasteiger partial charge in [-0.15, -0.1) is 0 Å². The Labute approximate surface area is 216 Å². The molecule has 0 radical (unpaired) electrons. The van der Waals surface area contributed by atoms with Crippen molar-refractivity contribution in [3.8, 4) is 34.3 Å². The monoisotopic (exact) mass is 534 g/mol. The highest BCUT2D eigenvalue weighted by atomic mass is 35.5. The smallest absolute Gasteiger partial charge is 0.247 e. The molecule has 3 aromatic rings. The molecular formula is C25H31ClN4O5S. The first-order valence-corrected chi connectivity index (χ1v) is 13.8. The lowest BCUT2D eigenvalue weighted by Gasteiger charge is -2.37. The number of para-hydroxylation sites is 1. The molecule has 0 amide bonds. The number of aromatic nitrogens is 2. The molecule has 1 aliphatic heterocycles. The van der Waals surface area contributed by atoms with Crippen LogP contribution in [0, 0.1) is 0 Å². The van der Waals surface area contributed by atoms with E-state index < -0.39 is 15.8 Å². The van der Waals surface area contributed by atoms with E-state index in [1.165, 1.54) is 16.6 Å². The maximum atomic E-state index is 13.8. The molecule has 1 fully saturated rings. The van der Waals surface area contributed by atoms with E-state index in [1.807, 2.05) is 0 Å². The van der Waals surface area contributed by atoms with Gasteiger partial charge in [0.1, 0.15) is 27.8 Å². The molecule has 0 spiro atoms. The lowest BCUT2D eigenvalue weighted by atomic mass is 10.0. The van der Waals surface area contributed by atoms with Crippen molar-refractivity contribution in [2.45, 2.75) is 44.0 Å². The fourth-order valence-electron chi connectivity index (χ4n) is 4.53. The van der Waals surface area contributed by atoms with Gasteiger partial charge >= 0.3 is 0 Å². The maximum Gasteiger partial charge on any atom is 0.247 e. The standard InChI is InChI=1S/C25H31ClN4O5S/c1-3-29(4-2)16-17-9-7-8-12-30(17)36(33,34)24-13-18(20(31)14-21(24)32)25-23(15-27-28-25)35-22-11-6-5-10-19(22)26/h5-6,10-11,13-15,17,31-32H,3-4,7-9,12,16H2,1-2H3,(H,27,28). The first-order valence-electron chi connectivity index (χ1n) is 12.0. The Kier molecular flexibility index (Phi) is 8.09. The van der Waals surface area contributed by atoms with Gasteiger partial charge in [-0.1, -0.05) is 44.0 Å². The average molecular weight is 535 g/mol. The molecule has 1 aliphatic rings. The Hall–Kier alpha value is -2.79. The first-order chi connectivity index (χ1) is 17.3. The fourth-order valence-corrected chi connectivity index (χ4v) is 6.49. The van der Waals surface area contributed by atoms with Crippen molar-refractivity contribution in [1.82, 2.24) is 19.4 Å². The van der Waals surface area contributed by atoms with Crippen molar-refractivity contribution < 1.29 is 23.4 Å². The van der Waals surface area contributed by atoms with E-state index in [0.29, 0.717) is 23.9 Å². The predicted molar refractivity (Wildman–Crippen MR) is 138 cm³/mol. The summed E-state index contributed by atoms with van der Waals surface area (Å²) < 4.78 is 35.0. The van der Waals surface area contributed by atoms with Crippen LogP contribution in [-0.4, -0.2) is 70.3 Å². The number of hydrogen-bond donors (Lipinski definition) is 3. The van der Waals surface area contributed by atoms with Gasteiger partial charge in [-0.25, -0.2) is 8.42 Å². The van der Waals surface area contributed by atoms with Crippen LogP contribution in [0.15, 0.2) is 47.5 Å². The summed E-state index contributed by atoms with van der Waals surface area (Å²) in [5, 5.41) is 28.4. The quantitative estimate of drug-likeness (QED) is 0.360. The van der Waals surface area contributed by atoms with Gasteiger partial charge < -0.3 is 19.8 Å². The number of nitrogens with one attached hydrogen (secondary N) is 1. The Bertz CT molecular complexity index is 1310. The molecule has 1 aromatic heterocycles. The molecule has 1 atom stereocenters. The van der Waals surface area contributed by atoms with Crippen molar-refractivity contribution in [3.05, 3.63) is 47.6 Å². The summed E-state index contributed by atoms with van der Waals surface area (Å²) in [6, 6.07) is 8.97. The number of hydrogen-bond acceptors (Lipinski definition) is 7. The van der Waals surface area contributed by atoms with Gasteiger partial charge in [-0.3, -0.25) is 5.10 Å². The lowest BCUT2D eigenvalue weighted by molar-refractivity contribution is 0.177. The molecule has 4 rings (SSSR count). The minimum Gasteiger partial charge on any atom is -0.507 e. The molecule has 0 saturated carbocycles. The van der Waals surface area contributed by atoms with Crippen LogP contribution in [0.25, 0.3) is 11.3 Å². The Balaban J connectivity index is 1.72. The SMILES string of the molecule is CCN(CC)CC1CCCCN1S(=O)(=O)c1cc(-c2[nH]ncc2Oc2ccccc2Cl)c(O)cc1O. The highest BCUT2D eigenvalue weighted by molar-refractivity contribution is 7.89. The second-order valence-corrected chi connectivity index (χ2v) is 11.0. The Morgan fingerprint density at radius 3 is 2.61 bits per heavy atom. The third kappa shape index (κ3) is 5.31. The molecule has 1 unspecified atom stereocenters. The molecular weight excluding hydrogens is 504 g/mol. The summed E-state index contributed by atoms with van der Waals surface area (Å²) in [5.41, 5.74) is 0.380. The van der Waals surface area contributed by atoms with Gasteiger partial charge in [0.05, 0.1) is 11.2 Å². The first kappa shape index (κ1) is 26.3. The molecule has 36 heavy (non-hydrogen) atoms. The topological polar surface area (TPSA) is 119 Å². The van der Waals surface area contributed by atoms with Crippen LogP contribution in [-0.2, 0) is 10.0 Å². The number of halogens is 1. The third-order valence-corrected chi connectivity index (χ3v) is 8.82. The number of rotatable bonds is 9. The lowest BCUT2D eigenvalue weighted by Crippen LogP contribution is -2.49. The number of aromatic hydroxyl groups is 2. The zero-order valence-electron chi connectivity index (χ0n) is 20.3. The summed E-state index contributed by atoms with van der Waals surface area (Å²) in [6.07, 6.45) is 3.85. The van der Waals surface area contributed by atoms with Crippen molar-refractivity contribution in [2.24, 2.45) is 0 Å². The number of aromatic amines is 1. The van der Waals surface area contributed by atoms with Gasteiger partial charge in [-0.2, -0.15) is 9.40 Å². The van der Waals surface area contributed by atoms with Crippen LogP contribution < -0.4 is 4.74 Å². The zero-order chi connectivity index (χ0) is 25.9. The highest BCUT2D eigenvalue weighted by Crippen LogP contribution is 2.42. The number of phenols is 2. The Morgan fingerprint density at radius 2 is 1.89 bits per heavy atom. The maximum absolute atomic E-state index is 13.8. The number of H-pyrrole nitrogens is 1. The minimum atomic E-state index is -4.06. The molecule has 2 heterocycles. The predicted octanol–water partition coefficient (Wildman–Crippen LogP) is 4.82. The molecule has 0 aliphatic carbocycles. The average Bonchev–Trinajstić information content (AvgIpc) is 3.32. The van der Waals surface area contributed by atoms with Crippen molar-refractivity contribution in [2.75, 3.05) is 26.2 Å². The van der Waals surface area contributed by atoms with E-state index in [4.69, 9.17) is 16.3 Å². The van der Waals surface area contributed by atoms with Gasteiger partial charge in [0.2, 0.25) is 10.0 Å². The van der Waals surface area contributed by atoms with Crippen molar-refractivity contribution in [3.63, 3.8) is 0 Å². The summed E-state index contributed by atoms with van der Waals surface area (Å²) in [5.74, 6) is -0.222. The van der Waals surface area contributed by atoms with Crippen LogP contribution in [0.5, 0.6) is 23.0 Å². The number of piperidine rings is 1. The van der Waals surface area contributed by atoms with E-state index >= 15 is 0 Å². The number of phenolic OH excluding ortho intramolecular Hbond substituents is 2. The van der Waals surface area contributed by atoms with Gasteiger partial charge in [-0.05, 0) is 44.1 Å². The van der Waals surface area contributed by atoms with E-state index in [0.717, 1.165) is 38.4 Å². The number of sulfonamides is 1. The van der Waals surface area contributed by atoms with Crippen LogP contribution in [0.3, 0.4) is 0 Å². The minimum absolute atomic E-state index is 0.128. The second kappa shape index (κ2) is 11.1. The van der Waals surface area contributed by atoms with Crippen LogP contribution >= 0.6 is 11.6 Å². The van der Waals surface area contributed by atoms with E-state index in [-0.39, 0.29) is 33.7 Å². The third-order valence-electron chi connectivity index (χ3n) is 6.53. The number of likely N-dealkylation sites (N-methyl/N-ethyl adjacent to an activating group) is 1. The summed E-state index contributed by atoms with van der Waals surface area (Å²) in [6.45, 7) is 6.74.